The van der Waals surface area contributed by atoms with Crippen LogP contribution >= 0.6 is 11.8 Å². The van der Waals surface area contributed by atoms with Crippen molar-refractivity contribution >= 4 is 17.7 Å². The summed E-state index contributed by atoms with van der Waals surface area (Å²) in [5.74, 6) is 0.973. The zero-order valence-electron chi connectivity index (χ0n) is 20.6. The van der Waals surface area contributed by atoms with Crippen LogP contribution in [0.25, 0.3) is 11.1 Å². The Balaban J connectivity index is 1.50. The van der Waals surface area contributed by atoms with Crippen LogP contribution in [-0.4, -0.2) is 16.8 Å². The number of carboxylic acids is 1. The molecule has 5 heteroatoms. The molecular weight excluding hydrogens is 454 g/mol. The first-order chi connectivity index (χ1) is 16.8. The molecule has 1 heterocycles. The third-order valence-electron chi connectivity index (χ3n) is 7.33. The molecule has 1 unspecified atom stereocenters. The lowest BCUT2D eigenvalue weighted by Crippen LogP contribution is -2.07. The first-order valence-electron chi connectivity index (χ1n) is 12.1. The minimum absolute atomic E-state index is 0.0115. The minimum Gasteiger partial charge on any atom is -0.486 e. The van der Waals surface area contributed by atoms with Crippen LogP contribution in [0, 0.1) is 39.0 Å². The predicted octanol–water partition coefficient (Wildman–Crippen LogP) is 7.19. The Morgan fingerprint density at radius 3 is 2.46 bits per heavy atom. The zero-order valence-corrected chi connectivity index (χ0v) is 21.4. The fourth-order valence-corrected chi connectivity index (χ4v) is 7.25. The first kappa shape index (κ1) is 23.5. The van der Waals surface area contributed by atoms with Crippen molar-refractivity contribution in [2.75, 3.05) is 5.75 Å². The fourth-order valence-electron chi connectivity index (χ4n) is 5.98. The van der Waals surface area contributed by atoms with Gasteiger partial charge < -0.3 is 9.84 Å². The van der Waals surface area contributed by atoms with Gasteiger partial charge in [-0.1, -0.05) is 12.1 Å². The van der Waals surface area contributed by atoms with Gasteiger partial charge in [0.25, 0.3) is 0 Å². The predicted molar refractivity (Wildman–Crippen MR) is 139 cm³/mol. The van der Waals surface area contributed by atoms with Crippen molar-refractivity contribution in [2.24, 2.45) is 0 Å². The van der Waals surface area contributed by atoms with Crippen molar-refractivity contribution < 1.29 is 14.6 Å². The summed E-state index contributed by atoms with van der Waals surface area (Å²) in [6, 6.07) is 14.6. The molecule has 0 aromatic heterocycles. The van der Waals surface area contributed by atoms with E-state index in [0.717, 1.165) is 45.9 Å². The summed E-state index contributed by atoms with van der Waals surface area (Å²) >= 11 is 1.72. The SMILES string of the molecule is Cc1cc(C#N)cc(C)c1-c1c(C)cc(C)c2c1CCC2Oc1ccc2c(c1)SC[C@H]2CC(=O)O. The molecular formula is C30H29NO3S. The van der Waals surface area contributed by atoms with Crippen molar-refractivity contribution in [3.05, 3.63) is 80.9 Å². The average molecular weight is 484 g/mol. The van der Waals surface area contributed by atoms with E-state index in [1.165, 1.54) is 33.4 Å². The van der Waals surface area contributed by atoms with Gasteiger partial charge in [0.2, 0.25) is 0 Å². The maximum absolute atomic E-state index is 11.2. The highest BCUT2D eigenvalue weighted by molar-refractivity contribution is 7.99. The van der Waals surface area contributed by atoms with E-state index in [2.05, 4.69) is 45.9 Å². The Kier molecular flexibility index (Phi) is 6.11. The smallest absolute Gasteiger partial charge is 0.303 e. The monoisotopic (exact) mass is 483 g/mol. The summed E-state index contributed by atoms with van der Waals surface area (Å²) in [7, 11) is 0. The van der Waals surface area contributed by atoms with Crippen molar-refractivity contribution in [3.63, 3.8) is 0 Å². The highest BCUT2D eigenvalue weighted by atomic mass is 32.2. The van der Waals surface area contributed by atoms with E-state index in [-0.39, 0.29) is 18.4 Å². The van der Waals surface area contributed by atoms with E-state index in [9.17, 15) is 15.2 Å². The summed E-state index contributed by atoms with van der Waals surface area (Å²) in [5, 5.41) is 18.6. The van der Waals surface area contributed by atoms with Gasteiger partial charge in [-0.25, -0.2) is 0 Å². The summed E-state index contributed by atoms with van der Waals surface area (Å²) in [5.41, 5.74) is 11.8. The number of benzene rings is 3. The van der Waals surface area contributed by atoms with Gasteiger partial charge in [-0.3, -0.25) is 4.79 Å². The van der Waals surface area contributed by atoms with Gasteiger partial charge in [0, 0.05) is 16.6 Å². The molecule has 35 heavy (non-hydrogen) atoms. The van der Waals surface area contributed by atoms with Gasteiger partial charge in [0.1, 0.15) is 11.9 Å². The van der Waals surface area contributed by atoms with E-state index < -0.39 is 5.97 Å². The summed E-state index contributed by atoms with van der Waals surface area (Å²) < 4.78 is 6.58. The fraction of sp³-hybridized carbons (Fsp3) is 0.333. The number of aryl methyl sites for hydroxylation is 4. The summed E-state index contributed by atoms with van der Waals surface area (Å²) in [6.07, 6.45) is 2.04. The molecule has 2 aliphatic rings. The Morgan fingerprint density at radius 2 is 1.77 bits per heavy atom. The molecule has 0 saturated heterocycles. The van der Waals surface area contributed by atoms with Crippen LogP contribution in [0.4, 0.5) is 0 Å². The third-order valence-corrected chi connectivity index (χ3v) is 8.57. The molecule has 0 fully saturated rings. The number of nitrogens with zero attached hydrogens (tertiary/aromatic N) is 1. The van der Waals surface area contributed by atoms with Crippen LogP contribution in [0.15, 0.2) is 41.3 Å². The quantitative estimate of drug-likeness (QED) is 0.416. The average Bonchev–Trinajstić information content (AvgIpc) is 3.39. The Labute approximate surface area is 210 Å². The molecule has 5 rings (SSSR count). The van der Waals surface area contributed by atoms with Crippen molar-refractivity contribution in [1.29, 1.82) is 5.26 Å². The van der Waals surface area contributed by atoms with Crippen LogP contribution in [0.2, 0.25) is 0 Å². The second kappa shape index (κ2) is 9.09. The number of ether oxygens (including phenoxy) is 1. The van der Waals surface area contributed by atoms with Crippen LogP contribution in [-0.2, 0) is 11.2 Å². The maximum atomic E-state index is 11.2. The van der Waals surface area contributed by atoms with Crippen molar-refractivity contribution in [2.45, 2.75) is 63.9 Å². The largest absolute Gasteiger partial charge is 0.486 e. The minimum atomic E-state index is -0.749. The van der Waals surface area contributed by atoms with Crippen LogP contribution in [0.3, 0.4) is 0 Å². The van der Waals surface area contributed by atoms with Gasteiger partial charge in [-0.05, 0) is 115 Å². The lowest BCUT2D eigenvalue weighted by atomic mass is 9.85. The zero-order chi connectivity index (χ0) is 24.9. The molecule has 1 aliphatic carbocycles. The van der Waals surface area contributed by atoms with Gasteiger partial charge in [-0.2, -0.15) is 5.26 Å². The number of rotatable bonds is 5. The molecule has 0 bridgehead atoms. The van der Waals surface area contributed by atoms with Gasteiger partial charge in [-0.15, -0.1) is 11.8 Å². The molecule has 3 aromatic rings. The highest BCUT2D eigenvalue weighted by Gasteiger charge is 2.31. The second-order valence-corrected chi connectivity index (χ2v) is 10.9. The summed E-state index contributed by atoms with van der Waals surface area (Å²) in [6.45, 7) is 8.54. The highest BCUT2D eigenvalue weighted by Crippen LogP contribution is 2.47. The van der Waals surface area contributed by atoms with E-state index in [4.69, 9.17) is 4.74 Å². The number of carbonyl (C=O) groups is 1. The second-order valence-electron chi connectivity index (χ2n) is 9.83. The number of hydrogen-bond donors (Lipinski definition) is 1. The van der Waals surface area contributed by atoms with E-state index in [1.807, 2.05) is 24.3 Å². The molecule has 1 aliphatic heterocycles. The Morgan fingerprint density at radius 1 is 1.06 bits per heavy atom. The molecule has 4 nitrogen and oxygen atoms in total. The lowest BCUT2D eigenvalue weighted by Gasteiger charge is -2.22. The van der Waals surface area contributed by atoms with Gasteiger partial charge in [0.05, 0.1) is 18.1 Å². The topological polar surface area (TPSA) is 70.3 Å². The van der Waals surface area contributed by atoms with E-state index >= 15 is 0 Å². The number of carboxylic acid groups (broad SMARTS) is 1. The van der Waals surface area contributed by atoms with E-state index in [0.29, 0.717) is 5.56 Å². The third kappa shape index (κ3) is 4.21. The molecule has 178 valence electrons. The van der Waals surface area contributed by atoms with Crippen molar-refractivity contribution in [1.82, 2.24) is 0 Å². The molecule has 0 saturated carbocycles. The van der Waals surface area contributed by atoms with Gasteiger partial charge >= 0.3 is 5.97 Å². The number of fused-ring (bicyclic) bond motifs is 2. The Hall–Kier alpha value is -3.23. The molecule has 3 aromatic carbocycles. The van der Waals surface area contributed by atoms with E-state index in [1.54, 1.807) is 11.8 Å². The number of nitriles is 1. The van der Waals surface area contributed by atoms with Crippen LogP contribution in [0.1, 0.15) is 69.4 Å². The number of thioether (sulfide) groups is 1. The van der Waals surface area contributed by atoms with Crippen LogP contribution < -0.4 is 4.74 Å². The Bertz CT molecular complexity index is 1380. The number of aliphatic carboxylic acids is 1. The molecule has 0 radical (unpaired) electrons. The van der Waals surface area contributed by atoms with Crippen LogP contribution in [0.5, 0.6) is 5.75 Å². The molecule has 2 atom stereocenters. The lowest BCUT2D eigenvalue weighted by molar-refractivity contribution is -0.137. The molecule has 0 spiro atoms. The molecule has 0 amide bonds. The first-order valence-corrected chi connectivity index (χ1v) is 13.0. The van der Waals surface area contributed by atoms with Gasteiger partial charge in [0.15, 0.2) is 0 Å². The number of hydrogen-bond acceptors (Lipinski definition) is 4. The van der Waals surface area contributed by atoms with Crippen molar-refractivity contribution in [3.8, 4) is 22.9 Å². The molecule has 1 N–H and O–H groups in total. The standard InChI is InChI=1S/C30H29NO3S/c1-16-9-17(2)30(28-18(3)10-20(14-31)11-19(28)4)24-7-8-25(29(16)24)34-22-5-6-23-21(12-27(32)33)15-35-26(23)13-22/h5-6,9-11,13,21,25H,7-8,12,15H2,1-4H3,(H,32,33)/t21-,25?/m1/s1. The maximum Gasteiger partial charge on any atom is 0.303 e. The summed E-state index contributed by atoms with van der Waals surface area (Å²) in [4.78, 5) is 12.3. The normalized spacial score (nSPS) is 18.1.